The fourth-order valence-electron chi connectivity index (χ4n) is 1.01. The van der Waals surface area contributed by atoms with Crippen molar-refractivity contribution in [2.24, 2.45) is 0 Å². The van der Waals surface area contributed by atoms with Crippen LogP contribution in [-0.4, -0.2) is 39.2 Å². The molecule has 0 fully saturated rings. The molecule has 0 unspecified atom stereocenters. The van der Waals surface area contributed by atoms with Crippen LogP contribution in [0, 0.1) is 0 Å². The number of carbonyl (C=O) groups is 1. The molecule has 0 saturated heterocycles. The minimum Gasteiger partial charge on any atom is -0.504 e. The fourth-order valence-corrected chi connectivity index (χ4v) is 1.64. The van der Waals surface area contributed by atoms with E-state index < -0.39 is 0 Å². The van der Waals surface area contributed by atoms with Crippen LogP contribution in [-0.2, 0) is 0 Å². The van der Waals surface area contributed by atoms with E-state index in [0.29, 0.717) is 11.3 Å². The number of Topliss-reactive ketones (excluding diaryl/α,β-unsaturated/α-hetero) is 1. The van der Waals surface area contributed by atoms with Gasteiger partial charge in [-0.05, 0) is 18.2 Å². The quantitative estimate of drug-likeness (QED) is 0.398. The first-order chi connectivity index (χ1) is 7.15. The Labute approximate surface area is 91.6 Å². The van der Waals surface area contributed by atoms with Crippen LogP contribution in [0.25, 0.3) is 0 Å². The number of aliphatic hydroxyl groups excluding tert-OH is 1. The largest absolute Gasteiger partial charge is 0.504 e. The van der Waals surface area contributed by atoms with E-state index >= 15 is 0 Å². The highest BCUT2D eigenvalue weighted by atomic mass is 32.2. The summed E-state index contributed by atoms with van der Waals surface area (Å²) in [5.41, 5.74) is 0.357. The average Bonchev–Trinajstić information content (AvgIpc) is 2.22. The van der Waals surface area contributed by atoms with Gasteiger partial charge in [-0.25, -0.2) is 0 Å². The number of phenolic OH excluding ortho intramolecular Hbond substituents is 2. The second-order valence-corrected chi connectivity index (χ2v) is 4.01. The van der Waals surface area contributed by atoms with Gasteiger partial charge in [0.25, 0.3) is 0 Å². The summed E-state index contributed by atoms with van der Waals surface area (Å²) in [4.78, 5) is 11.5. The molecule has 82 valence electrons. The molecule has 0 aliphatic carbocycles. The number of carbonyl (C=O) groups excluding carboxylic acids is 1. The van der Waals surface area contributed by atoms with Crippen LogP contribution in [0.5, 0.6) is 11.5 Å². The predicted molar refractivity (Wildman–Crippen MR) is 58.5 cm³/mol. The summed E-state index contributed by atoms with van der Waals surface area (Å²) in [6.07, 6.45) is 0. The zero-order chi connectivity index (χ0) is 11.3. The summed E-state index contributed by atoms with van der Waals surface area (Å²) in [5.74, 6) is 0.0898. The lowest BCUT2D eigenvalue weighted by molar-refractivity contribution is 0.102. The molecule has 0 heterocycles. The van der Waals surface area contributed by atoms with Gasteiger partial charge in [0.05, 0.1) is 12.4 Å². The van der Waals surface area contributed by atoms with Crippen LogP contribution in [0.15, 0.2) is 18.2 Å². The highest BCUT2D eigenvalue weighted by molar-refractivity contribution is 8.00. The number of thioether (sulfide) groups is 1. The van der Waals surface area contributed by atoms with Gasteiger partial charge in [-0.15, -0.1) is 0 Å². The summed E-state index contributed by atoms with van der Waals surface area (Å²) in [5, 5.41) is 26.7. The fraction of sp³-hybridized carbons (Fsp3) is 0.300. The number of benzene rings is 1. The molecule has 0 radical (unpaired) electrons. The number of aliphatic hydroxyl groups is 1. The second-order valence-electron chi connectivity index (χ2n) is 2.90. The minimum absolute atomic E-state index is 0.0405. The number of aromatic hydroxyl groups is 2. The van der Waals surface area contributed by atoms with E-state index in [1.165, 1.54) is 30.0 Å². The lowest BCUT2D eigenvalue weighted by Gasteiger charge is -2.02. The molecule has 5 heteroatoms. The van der Waals surface area contributed by atoms with E-state index in [1.807, 2.05) is 0 Å². The number of ketones is 1. The van der Waals surface area contributed by atoms with Crippen LogP contribution < -0.4 is 0 Å². The third-order valence-corrected chi connectivity index (χ3v) is 2.70. The van der Waals surface area contributed by atoms with Gasteiger partial charge in [0.1, 0.15) is 0 Å². The van der Waals surface area contributed by atoms with Gasteiger partial charge in [0.2, 0.25) is 0 Å². The average molecular weight is 228 g/mol. The van der Waals surface area contributed by atoms with Gasteiger partial charge in [-0.2, -0.15) is 11.8 Å². The van der Waals surface area contributed by atoms with Gasteiger partial charge < -0.3 is 15.3 Å². The Kier molecular flexibility index (Phi) is 4.45. The molecule has 0 bridgehead atoms. The molecule has 0 aromatic heterocycles. The van der Waals surface area contributed by atoms with Crippen molar-refractivity contribution in [2.75, 3.05) is 18.1 Å². The summed E-state index contributed by atoms with van der Waals surface area (Å²) >= 11 is 1.32. The third-order valence-electron chi connectivity index (χ3n) is 1.77. The minimum atomic E-state index is -0.298. The Balaban J connectivity index is 2.62. The summed E-state index contributed by atoms with van der Waals surface area (Å²) in [6.45, 7) is 0.0405. The van der Waals surface area contributed by atoms with E-state index in [-0.39, 0.29) is 29.6 Å². The highest BCUT2D eigenvalue weighted by Gasteiger charge is 2.08. The Bertz CT molecular complexity index is 351. The van der Waals surface area contributed by atoms with Gasteiger partial charge in [-0.3, -0.25) is 4.79 Å². The smallest absolute Gasteiger partial charge is 0.172 e. The molecule has 1 rings (SSSR count). The topological polar surface area (TPSA) is 77.8 Å². The monoisotopic (exact) mass is 228 g/mol. The number of hydrogen-bond acceptors (Lipinski definition) is 5. The van der Waals surface area contributed by atoms with Gasteiger partial charge in [-0.1, -0.05) is 0 Å². The molecule has 0 spiro atoms. The molecule has 0 saturated carbocycles. The van der Waals surface area contributed by atoms with Crippen molar-refractivity contribution >= 4 is 17.5 Å². The number of phenols is 2. The van der Waals surface area contributed by atoms with E-state index in [9.17, 15) is 9.90 Å². The molecule has 0 aliphatic heterocycles. The maximum Gasteiger partial charge on any atom is 0.172 e. The summed E-state index contributed by atoms with van der Waals surface area (Å²) in [6, 6.07) is 3.97. The number of hydrogen-bond donors (Lipinski definition) is 3. The van der Waals surface area contributed by atoms with Crippen LogP contribution >= 0.6 is 11.8 Å². The molecule has 1 aromatic rings. The van der Waals surface area contributed by atoms with Crippen LogP contribution in [0.1, 0.15) is 10.4 Å². The summed E-state index contributed by atoms with van der Waals surface area (Å²) in [7, 11) is 0. The second kappa shape index (κ2) is 5.63. The van der Waals surface area contributed by atoms with Crippen molar-refractivity contribution in [3.05, 3.63) is 23.8 Å². The van der Waals surface area contributed by atoms with Gasteiger partial charge in [0, 0.05) is 11.3 Å². The molecule has 15 heavy (non-hydrogen) atoms. The maximum absolute atomic E-state index is 11.5. The normalized spacial score (nSPS) is 10.2. The lowest BCUT2D eigenvalue weighted by atomic mass is 10.1. The molecular weight excluding hydrogens is 216 g/mol. The Morgan fingerprint density at radius 1 is 1.27 bits per heavy atom. The van der Waals surface area contributed by atoms with Crippen molar-refractivity contribution in [1.82, 2.24) is 0 Å². The highest BCUT2D eigenvalue weighted by Crippen LogP contribution is 2.25. The molecule has 4 nitrogen and oxygen atoms in total. The molecule has 1 aromatic carbocycles. The van der Waals surface area contributed by atoms with Gasteiger partial charge >= 0.3 is 0 Å². The van der Waals surface area contributed by atoms with Crippen molar-refractivity contribution < 1.29 is 20.1 Å². The van der Waals surface area contributed by atoms with Crippen LogP contribution in [0.4, 0.5) is 0 Å². The first-order valence-electron chi connectivity index (χ1n) is 4.39. The van der Waals surface area contributed by atoms with Crippen LogP contribution in [0.3, 0.4) is 0 Å². The van der Waals surface area contributed by atoms with Crippen molar-refractivity contribution in [3.8, 4) is 11.5 Å². The van der Waals surface area contributed by atoms with E-state index in [0.717, 1.165) is 0 Å². The van der Waals surface area contributed by atoms with Crippen molar-refractivity contribution in [3.63, 3.8) is 0 Å². The number of rotatable bonds is 5. The molecule has 0 atom stereocenters. The van der Waals surface area contributed by atoms with E-state index in [1.54, 1.807) is 0 Å². The van der Waals surface area contributed by atoms with Crippen molar-refractivity contribution in [1.29, 1.82) is 0 Å². The third kappa shape index (κ3) is 3.45. The summed E-state index contributed by atoms with van der Waals surface area (Å²) < 4.78 is 0. The SMILES string of the molecule is O=C(CSCCO)c1ccc(O)c(O)c1. The first-order valence-corrected chi connectivity index (χ1v) is 5.54. The molecule has 3 N–H and O–H groups in total. The maximum atomic E-state index is 11.5. The van der Waals surface area contributed by atoms with Crippen molar-refractivity contribution in [2.45, 2.75) is 0 Å². The molecule has 0 amide bonds. The van der Waals surface area contributed by atoms with Crippen LogP contribution in [0.2, 0.25) is 0 Å². The zero-order valence-electron chi connectivity index (χ0n) is 8.01. The Hall–Kier alpha value is -1.20. The zero-order valence-corrected chi connectivity index (χ0v) is 8.83. The van der Waals surface area contributed by atoms with E-state index in [2.05, 4.69) is 0 Å². The Morgan fingerprint density at radius 2 is 2.00 bits per heavy atom. The predicted octanol–water partition coefficient (Wildman–Crippen LogP) is 1.01. The van der Waals surface area contributed by atoms with E-state index in [4.69, 9.17) is 10.2 Å². The Morgan fingerprint density at radius 3 is 2.60 bits per heavy atom. The lowest BCUT2D eigenvalue weighted by Crippen LogP contribution is -2.03. The standard InChI is InChI=1S/C10H12O4S/c11-3-4-15-6-10(14)7-1-2-8(12)9(13)5-7/h1-2,5,11-13H,3-4,6H2. The molecule has 0 aliphatic rings. The molecular formula is C10H12O4S. The van der Waals surface area contributed by atoms with Gasteiger partial charge in [0.15, 0.2) is 17.3 Å². The first kappa shape index (κ1) is 11.9.